The summed E-state index contributed by atoms with van der Waals surface area (Å²) in [5, 5.41) is 9.11. The maximum absolute atomic E-state index is 4.76. The van der Waals surface area contributed by atoms with Crippen LogP contribution < -0.4 is 10.6 Å². The number of hydrogen-bond donors (Lipinski definition) is 2. The molecule has 2 heterocycles. The molecule has 1 aromatic rings. The summed E-state index contributed by atoms with van der Waals surface area (Å²) in [7, 11) is 0. The number of guanidine groups is 1. The molecule has 0 saturated carbocycles. The number of rotatable bonds is 7. The fourth-order valence-corrected chi connectivity index (χ4v) is 3.78. The van der Waals surface area contributed by atoms with E-state index in [4.69, 9.17) is 4.99 Å². The highest BCUT2D eigenvalue weighted by atomic mass is 32.2. The second kappa shape index (κ2) is 9.11. The van der Waals surface area contributed by atoms with Crippen LogP contribution in [0.4, 0.5) is 0 Å². The van der Waals surface area contributed by atoms with Crippen molar-refractivity contribution in [2.45, 2.75) is 51.4 Å². The molecule has 0 saturated heterocycles. The van der Waals surface area contributed by atoms with Gasteiger partial charge in [-0.05, 0) is 57.4 Å². The molecule has 1 unspecified atom stereocenters. The summed E-state index contributed by atoms with van der Waals surface area (Å²) in [5.74, 6) is 0.930. The first-order valence-corrected chi connectivity index (χ1v) is 10.9. The Hall–Kier alpha value is -0.720. The molecule has 1 aliphatic rings. The summed E-state index contributed by atoms with van der Waals surface area (Å²) in [6.45, 7) is 13.8. The van der Waals surface area contributed by atoms with Crippen molar-refractivity contribution < 1.29 is 0 Å². The molecular formula is C18H32N4S2. The first-order valence-electron chi connectivity index (χ1n) is 8.82. The maximum Gasteiger partial charge on any atom is 0.191 e. The van der Waals surface area contributed by atoms with Gasteiger partial charge >= 0.3 is 0 Å². The lowest BCUT2D eigenvalue weighted by molar-refractivity contribution is 0.192. The van der Waals surface area contributed by atoms with Crippen LogP contribution in [0.15, 0.2) is 16.4 Å². The molecule has 0 spiro atoms. The van der Waals surface area contributed by atoms with Gasteiger partial charge in [-0.25, -0.2) is 0 Å². The van der Waals surface area contributed by atoms with E-state index in [9.17, 15) is 0 Å². The third-order valence-corrected chi connectivity index (χ3v) is 6.80. The van der Waals surface area contributed by atoms with Crippen LogP contribution in [0.25, 0.3) is 0 Å². The van der Waals surface area contributed by atoms with Crippen molar-refractivity contribution in [1.29, 1.82) is 0 Å². The molecule has 1 aromatic heterocycles. The summed E-state index contributed by atoms with van der Waals surface area (Å²) in [4.78, 5) is 8.89. The van der Waals surface area contributed by atoms with Gasteiger partial charge in [-0.15, -0.1) is 11.3 Å². The topological polar surface area (TPSA) is 39.7 Å². The second-order valence-corrected chi connectivity index (χ2v) is 9.49. The van der Waals surface area contributed by atoms with E-state index < -0.39 is 0 Å². The number of thiophene rings is 1. The van der Waals surface area contributed by atoms with E-state index in [1.807, 2.05) is 23.1 Å². The molecule has 0 fully saturated rings. The molecule has 0 amide bonds. The Morgan fingerprint density at radius 1 is 1.46 bits per heavy atom. The highest BCUT2D eigenvalue weighted by Crippen LogP contribution is 2.25. The zero-order valence-electron chi connectivity index (χ0n) is 15.7. The van der Waals surface area contributed by atoms with Crippen LogP contribution in [-0.4, -0.2) is 54.1 Å². The Bertz CT molecular complexity index is 539. The van der Waals surface area contributed by atoms with Crippen molar-refractivity contribution in [3.8, 4) is 0 Å². The molecular weight excluding hydrogens is 336 g/mol. The minimum Gasteiger partial charge on any atom is -0.357 e. The predicted octanol–water partition coefficient (Wildman–Crippen LogP) is 3.19. The van der Waals surface area contributed by atoms with Gasteiger partial charge in [0.05, 0.1) is 6.54 Å². The third-order valence-electron chi connectivity index (χ3n) is 4.54. The van der Waals surface area contributed by atoms with E-state index >= 15 is 0 Å². The molecule has 1 aliphatic heterocycles. The number of thioether (sulfide) groups is 1. The van der Waals surface area contributed by atoms with Crippen LogP contribution in [0.2, 0.25) is 0 Å². The van der Waals surface area contributed by atoms with Crippen LogP contribution in [0.3, 0.4) is 0 Å². The number of hydrogen-bond acceptors (Lipinski definition) is 4. The van der Waals surface area contributed by atoms with Gasteiger partial charge in [0.15, 0.2) is 5.96 Å². The van der Waals surface area contributed by atoms with Crippen LogP contribution in [0.1, 0.15) is 38.1 Å². The molecule has 2 rings (SSSR count). The Morgan fingerprint density at radius 2 is 2.25 bits per heavy atom. The van der Waals surface area contributed by atoms with Gasteiger partial charge in [-0.1, -0.05) is 0 Å². The van der Waals surface area contributed by atoms with Crippen LogP contribution in [0, 0.1) is 0 Å². The summed E-state index contributed by atoms with van der Waals surface area (Å²) >= 11 is 3.76. The SMILES string of the molecule is CCNC(=NCC(C)(C)SC)NCC(C)N1CCc2sccc2C1. The lowest BCUT2D eigenvalue weighted by Gasteiger charge is -2.33. The molecule has 6 heteroatoms. The predicted molar refractivity (Wildman–Crippen MR) is 109 cm³/mol. The molecule has 0 radical (unpaired) electrons. The summed E-state index contributed by atoms with van der Waals surface area (Å²) in [6.07, 6.45) is 3.33. The lowest BCUT2D eigenvalue weighted by Crippen LogP contribution is -2.47. The Morgan fingerprint density at radius 3 is 2.96 bits per heavy atom. The van der Waals surface area contributed by atoms with Gasteiger partial charge in [0.25, 0.3) is 0 Å². The number of nitrogens with one attached hydrogen (secondary N) is 2. The quantitative estimate of drug-likeness (QED) is 0.573. The standard InChI is InChI=1S/C18H32N4S2/c1-6-19-17(21-13-18(3,4)23-5)20-11-14(2)22-9-7-16-15(12-22)8-10-24-16/h8,10,14H,6-7,9,11-13H2,1-5H3,(H2,19,20,21). The first-order chi connectivity index (χ1) is 11.4. The van der Waals surface area contributed by atoms with Crippen molar-refractivity contribution in [1.82, 2.24) is 15.5 Å². The van der Waals surface area contributed by atoms with Crippen LogP contribution >= 0.6 is 23.1 Å². The molecule has 0 aliphatic carbocycles. The molecule has 2 N–H and O–H groups in total. The Balaban J connectivity index is 1.86. The second-order valence-electron chi connectivity index (χ2n) is 6.98. The van der Waals surface area contributed by atoms with Gasteiger partial charge in [0, 0.05) is 41.8 Å². The lowest BCUT2D eigenvalue weighted by atomic mass is 10.1. The Labute approximate surface area is 155 Å². The monoisotopic (exact) mass is 368 g/mol. The fourth-order valence-electron chi connectivity index (χ4n) is 2.70. The van der Waals surface area contributed by atoms with Crippen LogP contribution in [-0.2, 0) is 13.0 Å². The Kier molecular flexibility index (Phi) is 7.44. The van der Waals surface area contributed by atoms with Crippen molar-refractivity contribution in [3.05, 3.63) is 21.9 Å². The number of aliphatic imine (C=N–C) groups is 1. The molecule has 24 heavy (non-hydrogen) atoms. The fraction of sp³-hybridized carbons (Fsp3) is 0.722. The van der Waals surface area contributed by atoms with E-state index in [0.29, 0.717) is 6.04 Å². The van der Waals surface area contributed by atoms with E-state index in [1.54, 1.807) is 4.88 Å². The normalized spacial score (nSPS) is 17.5. The summed E-state index contributed by atoms with van der Waals surface area (Å²) in [6, 6.07) is 2.78. The van der Waals surface area contributed by atoms with E-state index in [2.05, 4.69) is 60.9 Å². The summed E-state index contributed by atoms with van der Waals surface area (Å²) < 4.78 is 0.177. The zero-order chi connectivity index (χ0) is 17.6. The number of nitrogens with zero attached hydrogens (tertiary/aromatic N) is 2. The highest BCUT2D eigenvalue weighted by Gasteiger charge is 2.21. The zero-order valence-corrected chi connectivity index (χ0v) is 17.3. The third kappa shape index (κ3) is 5.67. The minimum atomic E-state index is 0.177. The first kappa shape index (κ1) is 19.6. The van der Waals surface area contributed by atoms with Crippen molar-refractivity contribution in [2.75, 3.05) is 32.4 Å². The highest BCUT2D eigenvalue weighted by molar-refractivity contribution is 7.99. The van der Waals surface area contributed by atoms with Gasteiger partial charge in [-0.3, -0.25) is 9.89 Å². The molecule has 136 valence electrons. The van der Waals surface area contributed by atoms with Crippen molar-refractivity contribution in [2.24, 2.45) is 4.99 Å². The van der Waals surface area contributed by atoms with Gasteiger partial charge in [0.2, 0.25) is 0 Å². The minimum absolute atomic E-state index is 0.177. The average Bonchev–Trinajstić information content (AvgIpc) is 3.04. The van der Waals surface area contributed by atoms with Gasteiger partial charge in [0.1, 0.15) is 0 Å². The summed E-state index contributed by atoms with van der Waals surface area (Å²) in [5.41, 5.74) is 1.51. The van der Waals surface area contributed by atoms with Gasteiger partial charge < -0.3 is 10.6 Å². The molecule has 0 bridgehead atoms. The van der Waals surface area contributed by atoms with Gasteiger partial charge in [-0.2, -0.15) is 11.8 Å². The average molecular weight is 369 g/mol. The van der Waals surface area contributed by atoms with Crippen molar-refractivity contribution >= 4 is 29.1 Å². The van der Waals surface area contributed by atoms with E-state index in [-0.39, 0.29) is 4.75 Å². The molecule has 4 nitrogen and oxygen atoms in total. The van der Waals surface area contributed by atoms with Crippen LogP contribution in [0.5, 0.6) is 0 Å². The van der Waals surface area contributed by atoms with E-state index in [1.165, 1.54) is 12.0 Å². The van der Waals surface area contributed by atoms with E-state index in [0.717, 1.165) is 38.7 Å². The molecule has 1 atom stereocenters. The molecule has 0 aromatic carbocycles. The van der Waals surface area contributed by atoms with Crippen molar-refractivity contribution in [3.63, 3.8) is 0 Å². The number of fused-ring (bicyclic) bond motifs is 1. The smallest absolute Gasteiger partial charge is 0.191 e. The largest absolute Gasteiger partial charge is 0.357 e. The maximum atomic E-state index is 4.76.